The number of benzene rings is 1. The Morgan fingerprint density at radius 2 is 2.32 bits per heavy atom. The minimum absolute atomic E-state index is 0.0483. The van der Waals surface area contributed by atoms with Crippen LogP contribution < -0.4 is 11.4 Å². The number of nitrogens with zero attached hydrogens (tertiary/aromatic N) is 3. The number of halogens is 2. The van der Waals surface area contributed by atoms with Crippen molar-refractivity contribution in [2.75, 3.05) is 6.54 Å². The topological polar surface area (TPSA) is 65.8 Å². The van der Waals surface area contributed by atoms with Crippen LogP contribution in [0.1, 0.15) is 0 Å². The lowest BCUT2D eigenvalue weighted by molar-refractivity contribution is 0.612. The van der Waals surface area contributed by atoms with Gasteiger partial charge in [-0.25, -0.2) is 18.4 Å². The summed E-state index contributed by atoms with van der Waals surface area (Å²) in [4.78, 5) is 12.1. The van der Waals surface area contributed by atoms with Crippen LogP contribution in [-0.2, 0) is 6.54 Å². The highest BCUT2D eigenvalue weighted by Crippen LogP contribution is 2.13. The molecule has 2 N–H and O–H groups in total. The number of aromatic nitrogens is 3. The highest BCUT2D eigenvalue weighted by Gasteiger charge is 2.08. The summed E-state index contributed by atoms with van der Waals surface area (Å²) in [5.41, 5.74) is 6.00. The fourth-order valence-electron chi connectivity index (χ4n) is 1.58. The van der Waals surface area contributed by atoms with Crippen LogP contribution in [0.5, 0.6) is 0 Å². The minimum atomic E-state index is -0.342. The molecule has 0 spiro atoms. The van der Waals surface area contributed by atoms with Crippen molar-refractivity contribution in [1.29, 1.82) is 0 Å². The van der Waals surface area contributed by atoms with Crippen LogP contribution in [0.25, 0.3) is 5.69 Å². The first kappa shape index (κ1) is 13.7. The quantitative estimate of drug-likeness (QED) is 0.928. The second-order valence-electron chi connectivity index (χ2n) is 3.89. The van der Waals surface area contributed by atoms with Crippen LogP contribution in [0.4, 0.5) is 4.39 Å². The Morgan fingerprint density at radius 1 is 1.53 bits per heavy atom. The van der Waals surface area contributed by atoms with E-state index in [0.29, 0.717) is 17.6 Å². The van der Waals surface area contributed by atoms with Crippen LogP contribution in [0.3, 0.4) is 0 Å². The molecule has 0 amide bonds. The van der Waals surface area contributed by atoms with Crippen molar-refractivity contribution in [3.8, 4) is 5.69 Å². The zero-order valence-corrected chi connectivity index (χ0v) is 11.5. The normalized spacial score (nSPS) is 11.8. The third-order valence-corrected chi connectivity index (χ3v) is 3.08. The van der Waals surface area contributed by atoms with Crippen LogP contribution in [-0.4, -0.2) is 20.9 Å². The third kappa shape index (κ3) is 2.99. The first-order valence-electron chi connectivity index (χ1n) is 5.54. The Kier molecular flexibility index (Phi) is 4.28. The van der Waals surface area contributed by atoms with Gasteiger partial charge in [0.05, 0.1) is 18.6 Å². The number of nitrogens with two attached hydrogens (primary N) is 1. The molecule has 1 aromatic carbocycles. The maximum Gasteiger partial charge on any atom is 0.350 e. The molecule has 1 heterocycles. The van der Waals surface area contributed by atoms with Gasteiger partial charge in [-0.15, -0.1) is 0 Å². The zero-order valence-electron chi connectivity index (χ0n) is 9.96. The fraction of sp³-hybridized carbons (Fsp3) is 0.167. The monoisotopic (exact) mass is 326 g/mol. The Bertz CT molecular complexity index is 662. The van der Waals surface area contributed by atoms with E-state index in [1.165, 1.54) is 15.6 Å². The fourth-order valence-corrected chi connectivity index (χ4v) is 1.97. The van der Waals surface area contributed by atoms with Gasteiger partial charge < -0.3 is 5.73 Å². The van der Waals surface area contributed by atoms with Gasteiger partial charge in [0.1, 0.15) is 6.33 Å². The molecule has 0 radical (unpaired) electrons. The van der Waals surface area contributed by atoms with E-state index in [1.807, 2.05) is 12.1 Å². The first-order chi connectivity index (χ1) is 9.15. The molecule has 0 unspecified atom stereocenters. The van der Waals surface area contributed by atoms with Crippen molar-refractivity contribution in [3.05, 3.63) is 57.5 Å². The Hall–Kier alpha value is -1.73. The van der Waals surface area contributed by atoms with E-state index in [4.69, 9.17) is 5.73 Å². The summed E-state index contributed by atoms with van der Waals surface area (Å²) in [6.07, 6.45) is 1.81. The molecule has 5 nitrogen and oxygen atoms in total. The van der Waals surface area contributed by atoms with Gasteiger partial charge in [-0.2, -0.15) is 5.10 Å². The molecule has 0 fully saturated rings. The first-order valence-corrected chi connectivity index (χ1v) is 6.33. The van der Waals surface area contributed by atoms with Crippen LogP contribution in [0.15, 0.2) is 51.8 Å². The predicted octanol–water partition coefficient (Wildman–Crippen LogP) is 1.61. The molecular formula is C12H12BrFN4O. The van der Waals surface area contributed by atoms with E-state index in [2.05, 4.69) is 21.0 Å². The lowest BCUT2D eigenvalue weighted by Crippen LogP contribution is -2.25. The van der Waals surface area contributed by atoms with Crippen molar-refractivity contribution >= 4 is 15.9 Å². The molecule has 0 aliphatic carbocycles. The minimum Gasteiger partial charge on any atom is -0.327 e. The summed E-state index contributed by atoms with van der Waals surface area (Å²) >= 11 is 3.34. The van der Waals surface area contributed by atoms with Crippen molar-refractivity contribution in [1.82, 2.24) is 14.3 Å². The van der Waals surface area contributed by atoms with E-state index in [9.17, 15) is 9.18 Å². The molecule has 2 aromatic rings. The van der Waals surface area contributed by atoms with E-state index in [1.54, 1.807) is 12.1 Å². The molecule has 0 saturated heterocycles. The second kappa shape index (κ2) is 5.94. The average Bonchev–Trinajstić information content (AvgIpc) is 2.77. The summed E-state index contributed by atoms with van der Waals surface area (Å²) < 4.78 is 15.9. The molecule has 19 heavy (non-hydrogen) atoms. The van der Waals surface area contributed by atoms with Gasteiger partial charge in [0.25, 0.3) is 0 Å². The maximum atomic E-state index is 12.5. The van der Waals surface area contributed by atoms with Gasteiger partial charge >= 0.3 is 5.69 Å². The molecule has 0 aliphatic heterocycles. The van der Waals surface area contributed by atoms with Crippen LogP contribution in [0.2, 0.25) is 0 Å². The van der Waals surface area contributed by atoms with E-state index < -0.39 is 0 Å². The van der Waals surface area contributed by atoms with Gasteiger partial charge in [-0.05, 0) is 23.8 Å². The summed E-state index contributed by atoms with van der Waals surface area (Å²) in [5, 5.41) is 3.95. The Labute approximate surface area is 117 Å². The Balaban J connectivity index is 2.36. The largest absolute Gasteiger partial charge is 0.350 e. The van der Waals surface area contributed by atoms with E-state index in [0.717, 1.165) is 4.47 Å². The maximum absolute atomic E-state index is 12.5. The van der Waals surface area contributed by atoms with Crippen molar-refractivity contribution in [3.63, 3.8) is 0 Å². The van der Waals surface area contributed by atoms with Crippen molar-refractivity contribution < 1.29 is 4.39 Å². The van der Waals surface area contributed by atoms with Crippen molar-refractivity contribution in [2.45, 2.75) is 6.54 Å². The van der Waals surface area contributed by atoms with Crippen molar-refractivity contribution in [2.24, 2.45) is 5.73 Å². The molecule has 1 aromatic heterocycles. The highest BCUT2D eigenvalue weighted by molar-refractivity contribution is 9.10. The number of rotatable bonds is 4. The smallest absolute Gasteiger partial charge is 0.327 e. The zero-order chi connectivity index (χ0) is 13.8. The molecule has 0 atom stereocenters. The summed E-state index contributed by atoms with van der Waals surface area (Å²) in [6.45, 7) is 0.0967. The predicted molar refractivity (Wildman–Crippen MR) is 73.8 cm³/mol. The lowest BCUT2D eigenvalue weighted by Gasteiger charge is -2.02. The van der Waals surface area contributed by atoms with Gasteiger partial charge in [0, 0.05) is 11.0 Å². The molecule has 100 valence electrons. The molecule has 7 heteroatoms. The van der Waals surface area contributed by atoms with Gasteiger partial charge in [0.15, 0.2) is 0 Å². The molecular weight excluding hydrogens is 315 g/mol. The molecule has 0 bridgehead atoms. The van der Waals surface area contributed by atoms with Gasteiger partial charge in [0.2, 0.25) is 0 Å². The van der Waals surface area contributed by atoms with Gasteiger partial charge in [-0.1, -0.05) is 22.0 Å². The average molecular weight is 327 g/mol. The van der Waals surface area contributed by atoms with Crippen LogP contribution >= 0.6 is 15.9 Å². The highest BCUT2D eigenvalue weighted by atomic mass is 79.9. The van der Waals surface area contributed by atoms with Crippen LogP contribution in [0, 0.1) is 0 Å². The molecule has 0 aliphatic rings. The SMILES string of the molecule is NC/C(=C\F)Cn1ncn(-c2cccc(Br)c2)c1=O. The van der Waals surface area contributed by atoms with Gasteiger partial charge in [-0.3, -0.25) is 0 Å². The van der Waals surface area contributed by atoms with E-state index >= 15 is 0 Å². The number of hydrogen-bond acceptors (Lipinski definition) is 3. The third-order valence-electron chi connectivity index (χ3n) is 2.59. The molecule has 2 rings (SSSR count). The lowest BCUT2D eigenvalue weighted by atomic mass is 10.3. The number of hydrogen-bond donors (Lipinski definition) is 1. The second-order valence-corrected chi connectivity index (χ2v) is 4.81. The summed E-state index contributed by atoms with van der Waals surface area (Å²) in [5.74, 6) is 0. The van der Waals surface area contributed by atoms with E-state index in [-0.39, 0.29) is 18.8 Å². The summed E-state index contributed by atoms with van der Waals surface area (Å²) in [6, 6.07) is 7.25. The summed E-state index contributed by atoms with van der Waals surface area (Å²) in [7, 11) is 0. The Morgan fingerprint density at radius 3 is 2.95 bits per heavy atom. The standard InChI is InChI=1S/C12H12BrFN4O/c13-10-2-1-3-11(4-10)17-8-16-18(12(17)19)7-9(5-14)6-15/h1-5,8H,6-7,15H2/b9-5+. The molecule has 0 saturated carbocycles.